The summed E-state index contributed by atoms with van der Waals surface area (Å²) in [4.78, 5) is 25.1. The summed E-state index contributed by atoms with van der Waals surface area (Å²) >= 11 is 0. The maximum atomic E-state index is 14.3. The lowest BCUT2D eigenvalue weighted by Crippen LogP contribution is -2.62. The van der Waals surface area contributed by atoms with Crippen LogP contribution in [0.15, 0.2) is 12.1 Å². The lowest BCUT2D eigenvalue weighted by molar-refractivity contribution is -0.147. The van der Waals surface area contributed by atoms with E-state index in [9.17, 15) is 31.9 Å². The number of nitrogens with two attached hydrogens (primary N) is 1. The molecule has 188 valence electrons. The van der Waals surface area contributed by atoms with Crippen molar-refractivity contribution in [2.45, 2.75) is 44.6 Å². The van der Waals surface area contributed by atoms with Gasteiger partial charge in [-0.3, -0.25) is 23.0 Å². The minimum Gasteiger partial charge on any atom is -0.369 e. The van der Waals surface area contributed by atoms with Crippen LogP contribution in [0.3, 0.4) is 0 Å². The van der Waals surface area contributed by atoms with E-state index in [1.165, 1.54) is 0 Å². The van der Waals surface area contributed by atoms with E-state index < -0.39 is 45.4 Å². The Morgan fingerprint density at radius 2 is 1.71 bits per heavy atom. The van der Waals surface area contributed by atoms with Crippen LogP contribution in [0, 0.1) is 40.6 Å². The molecule has 6 rings (SSSR count). The molecule has 8 nitrogen and oxygen atoms in total. The van der Waals surface area contributed by atoms with Crippen LogP contribution in [0.25, 0.3) is 0 Å². The van der Waals surface area contributed by atoms with Crippen LogP contribution in [-0.2, 0) is 9.59 Å². The number of carbonyl (C=O) groups is 2. The molecule has 1 aromatic carbocycles. The predicted molar refractivity (Wildman–Crippen MR) is 120 cm³/mol. The minimum absolute atomic E-state index is 0.0662. The Labute approximate surface area is 197 Å². The summed E-state index contributed by atoms with van der Waals surface area (Å²) < 4.78 is 65.6. The maximum absolute atomic E-state index is 14.3. The fraction of sp³-hybridized carbons (Fsp3) is 0.636. The Balaban J connectivity index is 1.29. The number of amides is 2. The summed E-state index contributed by atoms with van der Waals surface area (Å²) in [6.45, 7) is -0.298. The van der Waals surface area contributed by atoms with Crippen molar-refractivity contribution in [2.24, 2.45) is 28.9 Å². The molecule has 1 heterocycles. The molecule has 5 aliphatic rings. The largest absolute Gasteiger partial charge is 0.369 e. The third kappa shape index (κ3) is 3.84. The molecule has 0 radical (unpaired) electrons. The van der Waals surface area contributed by atoms with Gasteiger partial charge in [0.2, 0.25) is 11.8 Å². The Hall–Kier alpha value is -2.02. The zero-order chi connectivity index (χ0) is 24.4. The van der Waals surface area contributed by atoms with Crippen LogP contribution in [-0.4, -0.2) is 50.9 Å². The SMILES string of the molecule is NC(=O)C12CC3CC(C1)C(NC(=O)CN1CCCN(c4c(F)cc(F)cc4F)S1(O)O)C(C3)C2. The lowest BCUT2D eigenvalue weighted by Gasteiger charge is -2.59. The Morgan fingerprint density at radius 3 is 2.29 bits per heavy atom. The van der Waals surface area contributed by atoms with Gasteiger partial charge in [-0.1, -0.05) is 0 Å². The van der Waals surface area contributed by atoms with Gasteiger partial charge >= 0.3 is 0 Å². The molecule has 2 amide bonds. The number of rotatable bonds is 5. The van der Waals surface area contributed by atoms with E-state index in [-0.39, 0.29) is 43.4 Å². The monoisotopic (exact) mass is 502 g/mol. The molecule has 4 saturated carbocycles. The van der Waals surface area contributed by atoms with Gasteiger partial charge in [0.15, 0.2) is 11.6 Å². The fourth-order valence-corrected chi connectivity index (χ4v) is 8.64. The van der Waals surface area contributed by atoms with Crippen LogP contribution in [0.2, 0.25) is 0 Å². The van der Waals surface area contributed by atoms with Crippen molar-refractivity contribution < 1.29 is 31.9 Å². The third-order valence-corrected chi connectivity index (χ3v) is 10.0. The van der Waals surface area contributed by atoms with Gasteiger partial charge in [-0.2, -0.15) is 4.31 Å². The van der Waals surface area contributed by atoms with Crippen molar-refractivity contribution in [3.63, 3.8) is 0 Å². The van der Waals surface area contributed by atoms with Crippen molar-refractivity contribution in [3.05, 3.63) is 29.6 Å². The van der Waals surface area contributed by atoms with Gasteiger partial charge in [-0.15, -0.1) is 0 Å². The smallest absolute Gasteiger partial charge is 0.236 e. The van der Waals surface area contributed by atoms with Crippen LogP contribution < -0.4 is 15.4 Å². The Morgan fingerprint density at radius 1 is 1.09 bits per heavy atom. The second-order valence-corrected chi connectivity index (χ2v) is 12.2. The highest BCUT2D eigenvalue weighted by atomic mass is 32.3. The topological polar surface area (TPSA) is 119 Å². The zero-order valence-corrected chi connectivity index (χ0v) is 19.4. The second-order valence-electron chi connectivity index (χ2n) is 10.2. The van der Waals surface area contributed by atoms with E-state index in [0.717, 1.165) is 27.9 Å². The molecule has 1 saturated heterocycles. The molecule has 4 bridgehead atoms. The van der Waals surface area contributed by atoms with Crippen molar-refractivity contribution in [3.8, 4) is 0 Å². The quantitative estimate of drug-likeness (QED) is 0.492. The van der Waals surface area contributed by atoms with E-state index in [4.69, 9.17) is 5.73 Å². The van der Waals surface area contributed by atoms with Gasteiger partial charge in [0.25, 0.3) is 0 Å². The lowest BCUT2D eigenvalue weighted by atomic mass is 9.47. The first-order valence-electron chi connectivity index (χ1n) is 11.5. The fourth-order valence-electron chi connectivity index (χ4n) is 6.90. The van der Waals surface area contributed by atoms with E-state index >= 15 is 0 Å². The molecule has 34 heavy (non-hydrogen) atoms. The number of halogens is 3. The van der Waals surface area contributed by atoms with Crippen molar-refractivity contribution in [1.29, 1.82) is 0 Å². The molecular formula is C22H29F3N4O4S. The number of primary amides is 1. The van der Waals surface area contributed by atoms with Gasteiger partial charge in [0, 0.05) is 36.7 Å². The number of hydrogen-bond donors (Lipinski definition) is 4. The second kappa shape index (κ2) is 8.28. The number of nitrogens with zero attached hydrogens (tertiary/aromatic N) is 2. The molecule has 5 N–H and O–H groups in total. The maximum Gasteiger partial charge on any atom is 0.236 e. The standard InChI is InChI=1S/C22H29F3N4O4S/c23-15-6-16(24)20(17(25)7-15)29-3-1-2-28(34(29,32)33)11-18(30)27-19-13-4-12-5-14(19)10-22(8-12,9-13)21(26)31/h6-7,12-14,19,32-33H,1-5,8-11H2,(H2,26,31)(H,27,30). The summed E-state index contributed by atoms with van der Waals surface area (Å²) in [5.74, 6) is -3.58. The van der Waals surface area contributed by atoms with Crippen molar-refractivity contribution in [1.82, 2.24) is 9.62 Å². The Bertz CT molecular complexity index is 989. The highest BCUT2D eigenvalue weighted by molar-refractivity contribution is 8.23. The first-order valence-corrected chi connectivity index (χ1v) is 13.0. The molecule has 12 heteroatoms. The van der Waals surface area contributed by atoms with Gasteiger partial charge in [-0.05, 0) is 67.2 Å². The van der Waals surface area contributed by atoms with Gasteiger partial charge in [0.1, 0.15) is 11.5 Å². The van der Waals surface area contributed by atoms with E-state index in [2.05, 4.69) is 5.32 Å². The van der Waals surface area contributed by atoms with E-state index in [0.29, 0.717) is 37.3 Å². The van der Waals surface area contributed by atoms with Crippen LogP contribution >= 0.6 is 11.0 Å². The van der Waals surface area contributed by atoms with Gasteiger partial charge < -0.3 is 11.1 Å². The highest BCUT2D eigenvalue weighted by Crippen LogP contribution is 2.60. The summed E-state index contributed by atoms with van der Waals surface area (Å²) in [6, 6.07) is 0.835. The first kappa shape index (κ1) is 23.7. The van der Waals surface area contributed by atoms with Gasteiger partial charge in [-0.25, -0.2) is 13.2 Å². The number of anilines is 1. The Kier molecular flexibility index (Phi) is 5.78. The first-order chi connectivity index (χ1) is 16.0. The average molecular weight is 503 g/mol. The van der Waals surface area contributed by atoms with Crippen LogP contribution in [0.5, 0.6) is 0 Å². The van der Waals surface area contributed by atoms with Crippen LogP contribution in [0.1, 0.15) is 38.5 Å². The number of benzene rings is 1. The summed E-state index contributed by atoms with van der Waals surface area (Å²) in [5.41, 5.74) is 4.50. The molecule has 2 atom stereocenters. The molecule has 1 aliphatic heterocycles. The number of nitrogens with one attached hydrogen (secondary N) is 1. The predicted octanol–water partition coefficient (Wildman–Crippen LogP) is 2.99. The van der Waals surface area contributed by atoms with E-state index in [1.54, 1.807) is 0 Å². The number of carbonyl (C=O) groups excluding carboxylic acids is 2. The zero-order valence-electron chi connectivity index (χ0n) is 18.6. The third-order valence-electron chi connectivity index (χ3n) is 8.09. The van der Waals surface area contributed by atoms with Crippen molar-refractivity contribution >= 4 is 28.5 Å². The molecular weight excluding hydrogens is 473 g/mol. The summed E-state index contributed by atoms with van der Waals surface area (Å²) in [5, 5.41) is 3.03. The summed E-state index contributed by atoms with van der Waals surface area (Å²) in [6.07, 6.45) is 4.28. The highest BCUT2D eigenvalue weighted by Gasteiger charge is 2.58. The van der Waals surface area contributed by atoms with Crippen molar-refractivity contribution in [2.75, 3.05) is 23.9 Å². The number of hydrogen-bond acceptors (Lipinski definition) is 6. The normalized spacial score (nSPS) is 35.3. The molecule has 0 aromatic heterocycles. The molecule has 0 spiro atoms. The van der Waals surface area contributed by atoms with Gasteiger partial charge in [0.05, 0.1) is 6.54 Å². The van der Waals surface area contributed by atoms with Crippen LogP contribution in [0.4, 0.5) is 18.9 Å². The molecule has 1 aromatic rings. The molecule has 4 aliphatic carbocycles. The molecule has 5 fully saturated rings. The average Bonchev–Trinajstić information content (AvgIpc) is 2.72. The molecule has 2 unspecified atom stereocenters. The summed E-state index contributed by atoms with van der Waals surface area (Å²) in [7, 11) is -3.91. The minimum atomic E-state index is -3.91. The van der Waals surface area contributed by atoms with E-state index in [1.807, 2.05) is 0 Å².